The number of hydrogen-bond acceptors (Lipinski definition) is 4. The second-order valence-electron chi connectivity index (χ2n) is 7.46. The van der Waals surface area contributed by atoms with Gasteiger partial charge in [-0.25, -0.2) is 14.8 Å². The zero-order valence-corrected chi connectivity index (χ0v) is 17.0. The number of carbonyl (C=O) groups is 1. The van der Waals surface area contributed by atoms with E-state index in [2.05, 4.69) is 39.4 Å². The number of nitrogens with zero attached hydrogens (tertiary/aromatic N) is 5. The molecule has 0 bridgehead atoms. The van der Waals surface area contributed by atoms with Crippen LogP contribution in [0.25, 0.3) is 11.1 Å². The summed E-state index contributed by atoms with van der Waals surface area (Å²) in [4.78, 5) is 26.0. The number of benzene rings is 1. The lowest BCUT2D eigenvalue weighted by molar-refractivity contribution is 0.110. The van der Waals surface area contributed by atoms with Crippen LogP contribution in [0.1, 0.15) is 17.6 Å². The molecule has 1 saturated heterocycles. The minimum atomic E-state index is -0.128. The van der Waals surface area contributed by atoms with Crippen molar-refractivity contribution in [3.05, 3.63) is 66.4 Å². The van der Waals surface area contributed by atoms with Gasteiger partial charge in [0.1, 0.15) is 11.6 Å². The maximum atomic E-state index is 12.9. The molecule has 3 heterocycles. The minimum Gasteiger partial charge on any atom is -0.337 e. The van der Waals surface area contributed by atoms with E-state index in [9.17, 15) is 4.79 Å². The van der Waals surface area contributed by atoms with Crippen LogP contribution in [0.2, 0.25) is 0 Å². The van der Waals surface area contributed by atoms with Crippen molar-refractivity contribution < 1.29 is 4.79 Å². The van der Waals surface area contributed by atoms with Gasteiger partial charge >= 0.3 is 6.03 Å². The Bertz CT molecular complexity index is 1000. The number of carbonyl (C=O) groups excluding carboxylic acids is 1. The van der Waals surface area contributed by atoms with Gasteiger partial charge in [-0.1, -0.05) is 30.3 Å². The van der Waals surface area contributed by atoms with Gasteiger partial charge in [0, 0.05) is 50.3 Å². The fraction of sp³-hybridized carbons (Fsp3) is 0.318. The van der Waals surface area contributed by atoms with Crippen molar-refractivity contribution in [3.8, 4) is 11.1 Å². The standard InChI is InChI=1S/C22H26N6O/c1-16-18(17-7-5-4-6-8-17)9-10-20(24-16)25-22(29)28-14-13-26(2)19(15-28)21-23-11-12-27(21)3/h4-12,19H,13-15H2,1-3H3,(H,24,25,29). The summed E-state index contributed by atoms with van der Waals surface area (Å²) in [5, 5.41) is 2.96. The van der Waals surface area contributed by atoms with Gasteiger partial charge in [0.05, 0.1) is 6.04 Å². The molecule has 1 unspecified atom stereocenters. The van der Waals surface area contributed by atoms with Gasteiger partial charge in [0.2, 0.25) is 0 Å². The van der Waals surface area contributed by atoms with E-state index in [1.807, 2.05) is 60.0 Å². The number of likely N-dealkylation sites (N-methyl/N-ethyl adjacent to an activating group) is 1. The number of imidazole rings is 1. The lowest BCUT2D eigenvalue weighted by Gasteiger charge is -2.38. The van der Waals surface area contributed by atoms with Gasteiger partial charge < -0.3 is 9.47 Å². The minimum absolute atomic E-state index is 0.0738. The van der Waals surface area contributed by atoms with E-state index >= 15 is 0 Å². The predicted octanol–water partition coefficient (Wildman–Crippen LogP) is 3.31. The number of rotatable bonds is 3. The number of urea groups is 1. The van der Waals surface area contributed by atoms with E-state index in [0.717, 1.165) is 29.2 Å². The number of piperazine rings is 1. The molecule has 7 nitrogen and oxygen atoms in total. The number of amides is 2. The van der Waals surface area contributed by atoms with Gasteiger partial charge in [-0.15, -0.1) is 0 Å². The molecule has 7 heteroatoms. The third-order valence-electron chi connectivity index (χ3n) is 5.50. The van der Waals surface area contributed by atoms with Gasteiger partial charge in [-0.3, -0.25) is 10.2 Å². The highest BCUT2D eigenvalue weighted by atomic mass is 16.2. The summed E-state index contributed by atoms with van der Waals surface area (Å²) in [5.41, 5.74) is 3.07. The quantitative estimate of drug-likeness (QED) is 0.745. The van der Waals surface area contributed by atoms with E-state index < -0.39 is 0 Å². The SMILES string of the molecule is Cc1nc(NC(=O)N2CCN(C)C(c3nccn3C)C2)ccc1-c1ccccc1. The molecule has 0 aliphatic carbocycles. The maximum Gasteiger partial charge on any atom is 0.323 e. The number of pyridine rings is 1. The van der Waals surface area contributed by atoms with Crippen LogP contribution in [0, 0.1) is 6.92 Å². The smallest absolute Gasteiger partial charge is 0.323 e. The fourth-order valence-electron chi connectivity index (χ4n) is 3.78. The Morgan fingerprint density at radius 3 is 2.59 bits per heavy atom. The summed E-state index contributed by atoms with van der Waals surface area (Å²) < 4.78 is 2.01. The van der Waals surface area contributed by atoms with Crippen molar-refractivity contribution in [2.24, 2.45) is 7.05 Å². The van der Waals surface area contributed by atoms with E-state index in [1.54, 1.807) is 6.20 Å². The van der Waals surface area contributed by atoms with Crippen LogP contribution >= 0.6 is 0 Å². The van der Waals surface area contributed by atoms with Crippen molar-refractivity contribution in [1.82, 2.24) is 24.3 Å². The summed E-state index contributed by atoms with van der Waals surface area (Å²) in [7, 11) is 4.05. The van der Waals surface area contributed by atoms with Crippen molar-refractivity contribution in [3.63, 3.8) is 0 Å². The lowest BCUT2D eigenvalue weighted by Crippen LogP contribution is -2.50. The van der Waals surface area contributed by atoms with E-state index in [-0.39, 0.29) is 12.1 Å². The molecule has 1 fully saturated rings. The Kier molecular flexibility index (Phi) is 5.31. The Balaban J connectivity index is 1.46. The van der Waals surface area contributed by atoms with Gasteiger partial charge in [0.25, 0.3) is 0 Å². The second kappa shape index (κ2) is 8.05. The summed E-state index contributed by atoms with van der Waals surface area (Å²) >= 11 is 0. The first kappa shape index (κ1) is 19.1. The van der Waals surface area contributed by atoms with Crippen LogP contribution < -0.4 is 5.32 Å². The Morgan fingerprint density at radius 1 is 1.10 bits per heavy atom. The fourth-order valence-corrected chi connectivity index (χ4v) is 3.78. The molecule has 2 amide bonds. The number of aromatic nitrogens is 3. The van der Waals surface area contributed by atoms with Gasteiger partial charge in [-0.05, 0) is 31.7 Å². The molecular weight excluding hydrogens is 364 g/mol. The summed E-state index contributed by atoms with van der Waals surface area (Å²) in [5.74, 6) is 1.53. The number of anilines is 1. The summed E-state index contributed by atoms with van der Waals surface area (Å²) in [6.45, 7) is 4.02. The van der Waals surface area contributed by atoms with E-state index in [0.29, 0.717) is 18.9 Å². The van der Waals surface area contributed by atoms with E-state index in [4.69, 9.17) is 0 Å². The molecule has 4 rings (SSSR count). The zero-order valence-electron chi connectivity index (χ0n) is 17.0. The average molecular weight is 390 g/mol. The Labute approximate surface area is 171 Å². The van der Waals surface area contributed by atoms with Gasteiger partial charge in [-0.2, -0.15) is 0 Å². The van der Waals surface area contributed by atoms with E-state index in [1.165, 1.54) is 0 Å². The number of aryl methyl sites for hydroxylation is 2. The predicted molar refractivity (Wildman–Crippen MR) is 114 cm³/mol. The molecule has 1 atom stereocenters. The molecule has 0 spiro atoms. The van der Waals surface area contributed by atoms with Crippen LogP contribution in [-0.2, 0) is 7.05 Å². The molecule has 0 radical (unpaired) electrons. The topological polar surface area (TPSA) is 66.3 Å². The van der Waals surface area contributed by atoms with Crippen LogP contribution in [0.5, 0.6) is 0 Å². The normalized spacial score (nSPS) is 17.3. The summed E-state index contributed by atoms with van der Waals surface area (Å²) in [6.07, 6.45) is 3.73. The van der Waals surface area contributed by atoms with Crippen molar-refractivity contribution in [2.75, 3.05) is 32.0 Å². The Morgan fingerprint density at radius 2 is 1.90 bits per heavy atom. The molecule has 1 N–H and O–H groups in total. The molecular formula is C22H26N6O. The van der Waals surface area contributed by atoms with Crippen LogP contribution in [0.15, 0.2) is 54.9 Å². The molecule has 2 aromatic heterocycles. The first-order valence-corrected chi connectivity index (χ1v) is 9.79. The van der Waals surface area contributed by atoms with Crippen LogP contribution in [0.4, 0.5) is 10.6 Å². The third-order valence-corrected chi connectivity index (χ3v) is 5.50. The van der Waals surface area contributed by atoms with Crippen LogP contribution in [-0.4, -0.2) is 57.0 Å². The molecule has 29 heavy (non-hydrogen) atoms. The maximum absolute atomic E-state index is 12.9. The number of hydrogen-bond donors (Lipinski definition) is 1. The number of nitrogens with one attached hydrogen (secondary N) is 1. The zero-order chi connectivity index (χ0) is 20.4. The van der Waals surface area contributed by atoms with Crippen LogP contribution in [0.3, 0.4) is 0 Å². The van der Waals surface area contributed by atoms with Crippen molar-refractivity contribution in [2.45, 2.75) is 13.0 Å². The highest BCUT2D eigenvalue weighted by Crippen LogP contribution is 2.25. The molecule has 1 aliphatic rings. The third kappa shape index (κ3) is 4.00. The molecule has 1 aliphatic heterocycles. The first-order valence-electron chi connectivity index (χ1n) is 9.79. The molecule has 150 valence electrons. The molecule has 3 aromatic rings. The largest absolute Gasteiger partial charge is 0.337 e. The molecule has 1 aromatic carbocycles. The van der Waals surface area contributed by atoms with Gasteiger partial charge in [0.15, 0.2) is 0 Å². The molecule has 0 saturated carbocycles. The first-order chi connectivity index (χ1) is 14.0. The monoisotopic (exact) mass is 390 g/mol. The summed E-state index contributed by atoms with van der Waals surface area (Å²) in [6, 6.07) is 13.9. The van der Waals surface area contributed by atoms with Crippen molar-refractivity contribution >= 4 is 11.8 Å². The highest BCUT2D eigenvalue weighted by molar-refractivity contribution is 5.88. The highest BCUT2D eigenvalue weighted by Gasteiger charge is 2.30. The van der Waals surface area contributed by atoms with Crippen molar-refractivity contribution in [1.29, 1.82) is 0 Å². The Hall–Kier alpha value is -3.19. The average Bonchev–Trinajstić information content (AvgIpc) is 3.15. The second-order valence-corrected chi connectivity index (χ2v) is 7.46. The lowest BCUT2D eigenvalue weighted by atomic mass is 10.0.